The molecule has 1 N–H and O–H groups in total. The van der Waals surface area contributed by atoms with Crippen LogP contribution in [-0.2, 0) is 0 Å². The number of oxime groups is 1. The van der Waals surface area contributed by atoms with Gasteiger partial charge in [0.25, 0.3) is 0 Å². The number of rotatable bonds is 1. The van der Waals surface area contributed by atoms with Crippen LogP contribution in [-0.4, -0.2) is 23.0 Å². The van der Waals surface area contributed by atoms with E-state index in [2.05, 4.69) is 5.16 Å². The lowest BCUT2D eigenvalue weighted by molar-refractivity contribution is 0.0979. The van der Waals surface area contributed by atoms with E-state index < -0.39 is 11.6 Å². The van der Waals surface area contributed by atoms with Crippen LogP contribution in [0.3, 0.4) is 0 Å². The molecule has 0 saturated heterocycles. The molecule has 0 atom stereocenters. The number of halogens is 4. The maximum Gasteiger partial charge on any atom is 0.196 e. The van der Waals surface area contributed by atoms with Gasteiger partial charge in [-0.15, -0.1) is 0 Å². The highest BCUT2D eigenvalue weighted by atomic mass is 35.5. The van der Waals surface area contributed by atoms with Gasteiger partial charge < -0.3 is 5.21 Å². The van der Waals surface area contributed by atoms with Crippen molar-refractivity contribution < 1.29 is 14.8 Å². The molecular weight excluding hydrogens is 384 g/mol. The van der Waals surface area contributed by atoms with Crippen LogP contribution in [0, 0.1) is 0 Å². The molecule has 0 aliphatic heterocycles. The first-order valence-electron chi connectivity index (χ1n) is 6.15. The SMILES string of the molecule is O=C1c2ccc(/C=N\O)cc2C(=O)c2c(Cl)c(Cl)c(Cl)c(Cl)c21. The number of fused-ring (bicyclic) bond motifs is 2. The van der Waals surface area contributed by atoms with Crippen LogP contribution in [0.1, 0.15) is 37.4 Å². The third-order valence-corrected chi connectivity index (χ3v) is 5.26. The molecule has 116 valence electrons. The molecule has 2 aromatic carbocycles. The summed E-state index contributed by atoms with van der Waals surface area (Å²) in [6, 6.07) is 4.40. The van der Waals surface area contributed by atoms with Crippen molar-refractivity contribution in [2.75, 3.05) is 0 Å². The van der Waals surface area contributed by atoms with Gasteiger partial charge in [0.1, 0.15) is 0 Å². The highest BCUT2D eigenvalue weighted by molar-refractivity contribution is 6.55. The van der Waals surface area contributed by atoms with Gasteiger partial charge in [0, 0.05) is 11.1 Å². The predicted octanol–water partition coefficient (Wildman–Crippen LogP) is 4.88. The summed E-state index contributed by atoms with van der Waals surface area (Å²) < 4.78 is 0. The third-order valence-electron chi connectivity index (χ3n) is 3.46. The Hall–Kier alpha value is -1.59. The van der Waals surface area contributed by atoms with Crippen LogP contribution < -0.4 is 0 Å². The Morgan fingerprint density at radius 1 is 0.826 bits per heavy atom. The van der Waals surface area contributed by atoms with Gasteiger partial charge in [-0.2, -0.15) is 0 Å². The van der Waals surface area contributed by atoms with Gasteiger partial charge in [-0.3, -0.25) is 9.59 Å². The summed E-state index contributed by atoms with van der Waals surface area (Å²) in [5.41, 5.74) is 0.581. The molecule has 0 aromatic heterocycles. The second kappa shape index (κ2) is 5.80. The second-order valence-electron chi connectivity index (χ2n) is 4.71. The predicted molar refractivity (Wildman–Crippen MR) is 89.2 cm³/mol. The van der Waals surface area contributed by atoms with Crippen molar-refractivity contribution in [2.24, 2.45) is 5.16 Å². The number of benzene rings is 2. The summed E-state index contributed by atoms with van der Waals surface area (Å²) in [6.07, 6.45) is 1.14. The highest BCUT2D eigenvalue weighted by Crippen LogP contribution is 2.45. The largest absolute Gasteiger partial charge is 0.411 e. The zero-order valence-corrected chi connectivity index (χ0v) is 14.1. The van der Waals surface area contributed by atoms with E-state index in [4.69, 9.17) is 51.6 Å². The lowest BCUT2D eigenvalue weighted by atomic mass is 9.83. The van der Waals surface area contributed by atoms with Gasteiger partial charge in [-0.05, 0) is 17.7 Å². The first-order chi connectivity index (χ1) is 10.9. The van der Waals surface area contributed by atoms with E-state index in [-0.39, 0.29) is 42.3 Å². The average Bonchev–Trinajstić information content (AvgIpc) is 2.54. The Morgan fingerprint density at radius 2 is 1.35 bits per heavy atom. The highest BCUT2D eigenvalue weighted by Gasteiger charge is 2.36. The Kier molecular flexibility index (Phi) is 4.10. The van der Waals surface area contributed by atoms with Crippen LogP contribution >= 0.6 is 46.4 Å². The monoisotopic (exact) mass is 387 g/mol. The molecule has 1 aliphatic carbocycles. The molecule has 1 aliphatic rings. The molecule has 23 heavy (non-hydrogen) atoms. The van der Waals surface area contributed by atoms with Crippen molar-refractivity contribution in [1.29, 1.82) is 0 Å². The minimum atomic E-state index is -0.506. The molecule has 0 fully saturated rings. The van der Waals surface area contributed by atoms with Gasteiger partial charge >= 0.3 is 0 Å². The normalized spacial score (nSPS) is 13.4. The quantitative estimate of drug-likeness (QED) is 0.212. The maximum absolute atomic E-state index is 12.7. The summed E-state index contributed by atoms with van der Waals surface area (Å²) in [6.45, 7) is 0. The Balaban J connectivity index is 2.36. The van der Waals surface area contributed by atoms with Gasteiger partial charge in [-0.1, -0.05) is 57.6 Å². The van der Waals surface area contributed by atoms with Crippen LogP contribution in [0.4, 0.5) is 0 Å². The number of hydrogen-bond donors (Lipinski definition) is 1. The van der Waals surface area contributed by atoms with Gasteiger partial charge in [0.15, 0.2) is 11.6 Å². The van der Waals surface area contributed by atoms with Crippen LogP contribution in [0.15, 0.2) is 23.4 Å². The summed E-state index contributed by atoms with van der Waals surface area (Å²) in [7, 11) is 0. The first kappa shape index (κ1) is 16.3. The van der Waals surface area contributed by atoms with Crippen LogP contribution in [0.25, 0.3) is 0 Å². The molecular formula is C15H5Cl4NO3. The number of ketones is 2. The van der Waals surface area contributed by atoms with Crippen LogP contribution in [0.5, 0.6) is 0 Å². The fourth-order valence-corrected chi connectivity index (χ4v) is 3.45. The first-order valence-corrected chi connectivity index (χ1v) is 7.66. The van der Waals surface area contributed by atoms with Gasteiger partial charge in [-0.25, -0.2) is 0 Å². The molecule has 8 heteroatoms. The fraction of sp³-hybridized carbons (Fsp3) is 0. The van der Waals surface area contributed by atoms with E-state index in [1.807, 2.05) is 0 Å². The topological polar surface area (TPSA) is 66.7 Å². The minimum absolute atomic E-state index is 0.0628. The molecule has 0 bridgehead atoms. The third kappa shape index (κ3) is 2.34. The lowest BCUT2D eigenvalue weighted by Crippen LogP contribution is -2.22. The molecule has 0 radical (unpaired) electrons. The smallest absolute Gasteiger partial charge is 0.196 e. The summed E-state index contributed by atoms with van der Waals surface area (Å²) in [5, 5.41) is 11.1. The van der Waals surface area contributed by atoms with Crippen molar-refractivity contribution in [3.63, 3.8) is 0 Å². The molecule has 2 aromatic rings. The molecule has 4 nitrogen and oxygen atoms in total. The molecule has 0 amide bonds. The summed E-state index contributed by atoms with van der Waals surface area (Å²) in [5.74, 6) is -0.985. The molecule has 0 spiro atoms. The van der Waals surface area contributed by atoms with E-state index >= 15 is 0 Å². The Labute approximate surface area is 150 Å². The van der Waals surface area contributed by atoms with E-state index in [0.717, 1.165) is 6.21 Å². The van der Waals surface area contributed by atoms with Crippen molar-refractivity contribution in [3.8, 4) is 0 Å². The maximum atomic E-state index is 12.7. The Morgan fingerprint density at radius 3 is 1.87 bits per heavy atom. The summed E-state index contributed by atoms with van der Waals surface area (Å²) in [4.78, 5) is 25.4. The van der Waals surface area contributed by atoms with Crippen molar-refractivity contribution in [1.82, 2.24) is 0 Å². The lowest BCUT2D eigenvalue weighted by Gasteiger charge is -2.21. The van der Waals surface area contributed by atoms with E-state index in [1.54, 1.807) is 0 Å². The fourth-order valence-electron chi connectivity index (χ4n) is 2.42. The standard InChI is InChI=1S/C15H5Cl4NO3/c16-10-8-9(11(17)13(19)12(10)18)15(22)7-3-5(4-20-23)1-2-6(7)14(8)21/h1-4,23H/b20-4-. The van der Waals surface area contributed by atoms with Crippen molar-refractivity contribution in [2.45, 2.75) is 0 Å². The zero-order valence-electron chi connectivity index (χ0n) is 11.0. The Bertz CT molecular complexity index is 922. The summed E-state index contributed by atoms with van der Waals surface area (Å²) >= 11 is 24.1. The molecule has 0 unspecified atom stereocenters. The zero-order chi connectivity index (χ0) is 16.9. The van der Waals surface area contributed by atoms with E-state index in [0.29, 0.717) is 5.56 Å². The number of carbonyl (C=O) groups is 2. The molecule has 3 rings (SSSR count). The molecule has 0 heterocycles. The van der Waals surface area contributed by atoms with Gasteiger partial charge in [0.05, 0.1) is 37.4 Å². The number of nitrogens with zero attached hydrogens (tertiary/aromatic N) is 1. The van der Waals surface area contributed by atoms with E-state index in [1.165, 1.54) is 18.2 Å². The minimum Gasteiger partial charge on any atom is -0.411 e. The van der Waals surface area contributed by atoms with Crippen LogP contribution in [0.2, 0.25) is 20.1 Å². The van der Waals surface area contributed by atoms with Crippen molar-refractivity contribution >= 4 is 64.2 Å². The van der Waals surface area contributed by atoms with E-state index in [9.17, 15) is 9.59 Å². The number of hydrogen-bond acceptors (Lipinski definition) is 4. The molecule has 0 saturated carbocycles. The second-order valence-corrected chi connectivity index (χ2v) is 6.23. The average molecular weight is 389 g/mol. The van der Waals surface area contributed by atoms with Crippen molar-refractivity contribution in [3.05, 3.63) is 66.1 Å². The number of carbonyl (C=O) groups excluding carboxylic acids is 2. The van der Waals surface area contributed by atoms with Gasteiger partial charge in [0.2, 0.25) is 0 Å².